The van der Waals surface area contributed by atoms with Gasteiger partial charge in [-0.05, 0) is 24.5 Å². The molecule has 3 heterocycles. The van der Waals surface area contributed by atoms with E-state index < -0.39 is 53.8 Å². The summed E-state index contributed by atoms with van der Waals surface area (Å²) < 4.78 is 7.54. The van der Waals surface area contributed by atoms with Crippen molar-refractivity contribution >= 4 is 29.5 Å². The maximum atomic E-state index is 13.7. The van der Waals surface area contributed by atoms with E-state index in [0.29, 0.717) is 6.54 Å². The lowest BCUT2D eigenvalue weighted by Gasteiger charge is -2.38. The standard InChI is InChI=1S/C31H40N6O7/c1-5-36-12-11-21(14-26(36)39)30(42)37-16-22-15-32-29(41)27(19(2)3)34-25(38)18-35(4)31(43)23(13-20-9-7-6-8-10-20)33-28(40)24(17-37)44-22/h6-12,14,19,22-24,27H,5,13,15-18H2,1-4H3,(H,32,41)(H,33,40)(H,34,38)/t22-,23+,24+,27-/m0/s1. The van der Waals surface area contributed by atoms with Crippen molar-refractivity contribution in [2.45, 2.75) is 58.0 Å². The van der Waals surface area contributed by atoms with Crippen LogP contribution in [0.25, 0.3) is 0 Å². The van der Waals surface area contributed by atoms with Crippen LogP contribution in [-0.2, 0) is 36.9 Å². The molecule has 0 aliphatic carbocycles. The molecule has 44 heavy (non-hydrogen) atoms. The van der Waals surface area contributed by atoms with Gasteiger partial charge in [-0.25, -0.2) is 0 Å². The first-order chi connectivity index (χ1) is 21.0. The molecule has 2 aromatic rings. The van der Waals surface area contributed by atoms with Crippen molar-refractivity contribution in [1.82, 2.24) is 30.3 Å². The van der Waals surface area contributed by atoms with Gasteiger partial charge in [-0.3, -0.25) is 28.8 Å². The Morgan fingerprint density at radius 2 is 1.73 bits per heavy atom. The summed E-state index contributed by atoms with van der Waals surface area (Å²) in [5.41, 5.74) is 0.622. The number of likely N-dealkylation sites (N-methyl/N-ethyl adjacent to an activating group) is 1. The van der Waals surface area contributed by atoms with Gasteiger partial charge in [0.2, 0.25) is 17.7 Å². The number of hydrogen-bond acceptors (Lipinski definition) is 7. The van der Waals surface area contributed by atoms with Crippen molar-refractivity contribution < 1.29 is 28.7 Å². The molecule has 4 atom stereocenters. The normalized spacial score (nSPS) is 23.8. The van der Waals surface area contributed by atoms with Gasteiger partial charge in [0, 0.05) is 50.9 Å². The van der Waals surface area contributed by atoms with E-state index in [0.717, 1.165) is 5.56 Å². The number of rotatable bonds is 5. The minimum absolute atomic E-state index is 0.0353. The number of carbonyl (C=O) groups excluding carboxylic acids is 5. The summed E-state index contributed by atoms with van der Waals surface area (Å²) in [6.07, 6.45) is -0.273. The van der Waals surface area contributed by atoms with Gasteiger partial charge in [-0.2, -0.15) is 0 Å². The smallest absolute Gasteiger partial charge is 0.254 e. The first kappa shape index (κ1) is 32.4. The van der Waals surface area contributed by atoms with Gasteiger partial charge in [0.25, 0.3) is 17.4 Å². The second kappa shape index (κ2) is 14.3. The summed E-state index contributed by atoms with van der Waals surface area (Å²) in [5.74, 6) is -2.85. The van der Waals surface area contributed by atoms with Crippen molar-refractivity contribution in [2.24, 2.45) is 5.92 Å². The fourth-order valence-electron chi connectivity index (χ4n) is 5.30. The van der Waals surface area contributed by atoms with Crippen molar-refractivity contribution in [2.75, 3.05) is 33.2 Å². The number of pyridine rings is 1. The molecule has 4 rings (SSSR count). The Labute approximate surface area is 255 Å². The van der Waals surface area contributed by atoms with Crippen LogP contribution in [0, 0.1) is 5.92 Å². The highest BCUT2D eigenvalue weighted by molar-refractivity contribution is 5.96. The lowest BCUT2D eigenvalue weighted by Crippen LogP contribution is -2.59. The summed E-state index contributed by atoms with van der Waals surface area (Å²) in [4.78, 5) is 81.9. The van der Waals surface area contributed by atoms with Crippen molar-refractivity contribution in [3.05, 3.63) is 70.1 Å². The summed E-state index contributed by atoms with van der Waals surface area (Å²) in [5, 5.41) is 8.27. The Morgan fingerprint density at radius 1 is 1.00 bits per heavy atom. The zero-order valence-corrected chi connectivity index (χ0v) is 25.4. The third-order valence-corrected chi connectivity index (χ3v) is 7.75. The Kier molecular flexibility index (Phi) is 10.5. The SMILES string of the molecule is CCn1ccc(C(=O)N2C[C@@H]3CNC(=O)[C@H](C(C)C)NC(=O)CN(C)C(=O)[C@@H](Cc4ccccc4)NC(=O)[C@@H](C2)O3)cc1=O. The van der Waals surface area contributed by atoms with Gasteiger partial charge in [0.1, 0.15) is 12.1 Å². The highest BCUT2D eigenvalue weighted by Crippen LogP contribution is 2.16. The largest absolute Gasteiger partial charge is 0.360 e. The van der Waals surface area contributed by atoms with E-state index in [1.165, 1.54) is 33.7 Å². The second-order valence-corrected chi connectivity index (χ2v) is 11.5. The third kappa shape index (κ3) is 7.90. The Bertz CT molecular complexity index is 1440. The fraction of sp³-hybridized carbons (Fsp3) is 0.484. The minimum atomic E-state index is -1.17. The molecule has 1 aromatic heterocycles. The van der Waals surface area contributed by atoms with Crippen LogP contribution in [0.15, 0.2) is 53.5 Å². The molecular weight excluding hydrogens is 568 g/mol. The maximum absolute atomic E-state index is 13.7. The van der Waals surface area contributed by atoms with Crippen LogP contribution in [0.2, 0.25) is 0 Å². The molecular formula is C31H40N6O7. The number of carbonyl (C=O) groups is 5. The number of nitrogens with zero attached hydrogens (tertiary/aromatic N) is 3. The molecule has 0 spiro atoms. The summed E-state index contributed by atoms with van der Waals surface area (Å²) in [6.45, 7) is 5.36. The number of nitrogens with one attached hydrogen (secondary N) is 3. The van der Waals surface area contributed by atoms with Crippen molar-refractivity contribution in [3.63, 3.8) is 0 Å². The number of benzene rings is 1. The molecule has 236 valence electrons. The summed E-state index contributed by atoms with van der Waals surface area (Å²) >= 11 is 0. The van der Waals surface area contributed by atoms with Crippen LogP contribution in [0.1, 0.15) is 36.7 Å². The molecule has 2 aliphatic rings. The monoisotopic (exact) mass is 608 g/mol. The summed E-state index contributed by atoms with van der Waals surface area (Å²) in [7, 11) is 1.45. The van der Waals surface area contributed by atoms with Gasteiger partial charge < -0.3 is 35.1 Å². The van der Waals surface area contributed by atoms with Crippen molar-refractivity contribution in [1.29, 1.82) is 0 Å². The Balaban J connectivity index is 1.66. The lowest BCUT2D eigenvalue weighted by molar-refractivity contribution is -0.148. The number of aryl methyl sites for hydroxylation is 1. The van der Waals surface area contributed by atoms with Gasteiger partial charge in [0.05, 0.1) is 19.2 Å². The number of hydrogen-bond donors (Lipinski definition) is 3. The zero-order valence-electron chi connectivity index (χ0n) is 25.4. The predicted molar refractivity (Wildman–Crippen MR) is 160 cm³/mol. The molecule has 2 bridgehead atoms. The lowest BCUT2D eigenvalue weighted by atomic mass is 10.0. The molecule has 2 fully saturated rings. The first-order valence-electron chi connectivity index (χ1n) is 14.8. The van der Waals surface area contributed by atoms with Gasteiger partial charge >= 0.3 is 0 Å². The maximum Gasteiger partial charge on any atom is 0.254 e. The topological polar surface area (TPSA) is 159 Å². The third-order valence-electron chi connectivity index (χ3n) is 7.75. The quantitative estimate of drug-likeness (QED) is 0.414. The number of morpholine rings is 1. The fourth-order valence-corrected chi connectivity index (χ4v) is 5.30. The van der Waals surface area contributed by atoms with E-state index in [-0.39, 0.29) is 49.6 Å². The van der Waals surface area contributed by atoms with Crippen LogP contribution >= 0.6 is 0 Å². The van der Waals surface area contributed by atoms with E-state index in [9.17, 15) is 28.8 Å². The highest BCUT2D eigenvalue weighted by atomic mass is 16.5. The van der Waals surface area contributed by atoms with E-state index in [1.54, 1.807) is 19.9 Å². The first-order valence-corrected chi connectivity index (χ1v) is 14.8. The molecule has 0 saturated carbocycles. The minimum Gasteiger partial charge on any atom is -0.360 e. The van der Waals surface area contributed by atoms with Crippen LogP contribution < -0.4 is 21.5 Å². The number of aromatic nitrogens is 1. The van der Waals surface area contributed by atoms with E-state index >= 15 is 0 Å². The van der Waals surface area contributed by atoms with Crippen LogP contribution in [-0.4, -0.2) is 101 Å². The average Bonchev–Trinajstić information content (AvgIpc) is 3.01. The molecule has 13 heteroatoms. The molecule has 3 N–H and O–H groups in total. The Hall–Kier alpha value is -4.52. The van der Waals surface area contributed by atoms with Crippen LogP contribution in [0.5, 0.6) is 0 Å². The van der Waals surface area contributed by atoms with E-state index in [1.807, 2.05) is 37.3 Å². The number of fused-ring (bicyclic) bond motifs is 2. The molecule has 13 nitrogen and oxygen atoms in total. The molecule has 0 unspecified atom stereocenters. The van der Waals surface area contributed by atoms with Gasteiger partial charge in [-0.1, -0.05) is 44.2 Å². The van der Waals surface area contributed by atoms with Gasteiger partial charge in [0.15, 0.2) is 6.10 Å². The predicted octanol–water partition coefficient (Wildman–Crippen LogP) is -0.466. The summed E-state index contributed by atoms with van der Waals surface area (Å²) in [6, 6.07) is 9.99. The second-order valence-electron chi connectivity index (χ2n) is 11.5. The molecule has 1 aromatic carbocycles. The molecule has 5 amide bonds. The van der Waals surface area contributed by atoms with Crippen molar-refractivity contribution in [3.8, 4) is 0 Å². The average molecular weight is 609 g/mol. The van der Waals surface area contributed by atoms with E-state index in [2.05, 4.69) is 16.0 Å². The van der Waals surface area contributed by atoms with E-state index in [4.69, 9.17) is 4.74 Å². The number of amides is 5. The van der Waals surface area contributed by atoms with Crippen LogP contribution in [0.4, 0.5) is 0 Å². The van der Waals surface area contributed by atoms with Gasteiger partial charge in [-0.15, -0.1) is 0 Å². The Morgan fingerprint density at radius 3 is 2.39 bits per heavy atom. The molecule has 0 radical (unpaired) electrons. The molecule has 2 saturated heterocycles. The highest BCUT2D eigenvalue weighted by Gasteiger charge is 2.38. The zero-order chi connectivity index (χ0) is 32.0. The molecule has 2 aliphatic heterocycles. The number of ether oxygens (including phenoxy) is 1. The van der Waals surface area contributed by atoms with Crippen LogP contribution in [0.3, 0.4) is 0 Å².